The molecule has 0 fully saturated rings. The third kappa shape index (κ3) is 5.50. The summed E-state index contributed by atoms with van der Waals surface area (Å²) in [5, 5.41) is 20.5. The van der Waals surface area contributed by atoms with Crippen LogP contribution in [0.15, 0.2) is 12.7 Å². The van der Waals surface area contributed by atoms with Crippen molar-refractivity contribution in [2.24, 2.45) is 5.92 Å². The molecule has 16 heavy (non-hydrogen) atoms. The van der Waals surface area contributed by atoms with Crippen LogP contribution in [-0.2, 0) is 9.59 Å². The number of aliphatic hydroxyl groups excluding tert-OH is 1. The third-order valence-corrected chi connectivity index (χ3v) is 2.01. The number of carbonyl (C=O) groups excluding carboxylic acids is 1. The largest absolute Gasteiger partial charge is 0.480 e. The number of aliphatic carboxylic acids is 1. The summed E-state index contributed by atoms with van der Waals surface area (Å²) in [4.78, 5) is 22.1. The van der Waals surface area contributed by atoms with E-state index in [2.05, 4.69) is 11.9 Å². The Bertz CT molecular complexity index is 263. The molecule has 92 valence electrons. The number of hydrogen-bond acceptors (Lipinski definition) is 3. The van der Waals surface area contributed by atoms with E-state index in [-0.39, 0.29) is 12.3 Å². The van der Waals surface area contributed by atoms with Gasteiger partial charge in [-0.15, -0.1) is 6.58 Å². The molecule has 0 bridgehead atoms. The molecule has 0 saturated heterocycles. The van der Waals surface area contributed by atoms with Crippen LogP contribution in [0.25, 0.3) is 0 Å². The lowest BCUT2D eigenvalue weighted by atomic mass is 10.1. The van der Waals surface area contributed by atoms with E-state index in [0.717, 1.165) is 0 Å². The summed E-state index contributed by atoms with van der Waals surface area (Å²) >= 11 is 0. The summed E-state index contributed by atoms with van der Waals surface area (Å²) in [7, 11) is 0. The van der Waals surface area contributed by atoms with Crippen molar-refractivity contribution in [3.8, 4) is 0 Å². The van der Waals surface area contributed by atoms with Gasteiger partial charge in [-0.3, -0.25) is 4.79 Å². The van der Waals surface area contributed by atoms with Gasteiger partial charge in [0.05, 0.1) is 0 Å². The van der Waals surface area contributed by atoms with Gasteiger partial charge in [0.15, 0.2) is 0 Å². The predicted octanol–water partition coefficient (Wildman–Crippen LogP) is 0.539. The summed E-state index contributed by atoms with van der Waals surface area (Å²) in [5.74, 6) is -1.61. The van der Waals surface area contributed by atoms with Crippen molar-refractivity contribution in [1.29, 1.82) is 0 Å². The van der Waals surface area contributed by atoms with Crippen LogP contribution in [0.4, 0.5) is 0 Å². The van der Waals surface area contributed by atoms with Crippen LogP contribution in [0, 0.1) is 5.92 Å². The SMILES string of the molecule is C=CC[C@@H](NC(=O)[C@H](O)CC(C)C)C(=O)O. The lowest BCUT2D eigenvalue weighted by Crippen LogP contribution is -2.45. The molecule has 0 rings (SSSR count). The molecular formula is C11H19NO4. The topological polar surface area (TPSA) is 86.6 Å². The van der Waals surface area contributed by atoms with Crippen molar-refractivity contribution < 1.29 is 19.8 Å². The molecule has 5 nitrogen and oxygen atoms in total. The summed E-state index contributed by atoms with van der Waals surface area (Å²) in [6.07, 6.45) is 0.696. The van der Waals surface area contributed by atoms with Gasteiger partial charge in [-0.1, -0.05) is 19.9 Å². The second-order valence-electron chi connectivity index (χ2n) is 4.07. The van der Waals surface area contributed by atoms with Gasteiger partial charge in [-0.2, -0.15) is 0 Å². The van der Waals surface area contributed by atoms with E-state index in [0.29, 0.717) is 6.42 Å². The minimum absolute atomic E-state index is 0.134. The van der Waals surface area contributed by atoms with E-state index in [4.69, 9.17) is 5.11 Å². The van der Waals surface area contributed by atoms with Gasteiger partial charge in [-0.05, 0) is 18.8 Å². The number of carboxylic acid groups (broad SMARTS) is 1. The first-order valence-corrected chi connectivity index (χ1v) is 5.20. The summed E-state index contributed by atoms with van der Waals surface area (Å²) in [6.45, 7) is 7.15. The van der Waals surface area contributed by atoms with E-state index in [1.165, 1.54) is 6.08 Å². The molecule has 0 aromatic carbocycles. The monoisotopic (exact) mass is 229 g/mol. The summed E-state index contributed by atoms with van der Waals surface area (Å²) < 4.78 is 0. The second-order valence-corrected chi connectivity index (χ2v) is 4.07. The molecule has 0 unspecified atom stereocenters. The summed E-state index contributed by atoms with van der Waals surface area (Å²) in [5.41, 5.74) is 0. The van der Waals surface area contributed by atoms with E-state index < -0.39 is 24.0 Å². The van der Waals surface area contributed by atoms with Crippen molar-refractivity contribution in [2.45, 2.75) is 38.8 Å². The zero-order valence-electron chi connectivity index (χ0n) is 9.64. The predicted molar refractivity (Wildman–Crippen MR) is 59.8 cm³/mol. The highest BCUT2D eigenvalue weighted by Crippen LogP contribution is 2.05. The highest BCUT2D eigenvalue weighted by Gasteiger charge is 2.23. The first-order chi connectivity index (χ1) is 7.38. The zero-order valence-corrected chi connectivity index (χ0v) is 9.64. The Morgan fingerprint density at radius 1 is 1.44 bits per heavy atom. The molecule has 0 aliphatic rings. The Hall–Kier alpha value is -1.36. The van der Waals surface area contributed by atoms with Crippen molar-refractivity contribution >= 4 is 11.9 Å². The minimum Gasteiger partial charge on any atom is -0.480 e. The second kappa shape index (κ2) is 7.00. The van der Waals surface area contributed by atoms with Crippen LogP contribution in [0.5, 0.6) is 0 Å². The van der Waals surface area contributed by atoms with Crippen LogP contribution in [-0.4, -0.2) is 34.2 Å². The molecular weight excluding hydrogens is 210 g/mol. The van der Waals surface area contributed by atoms with E-state index >= 15 is 0 Å². The van der Waals surface area contributed by atoms with Crippen LogP contribution in [0.1, 0.15) is 26.7 Å². The number of carbonyl (C=O) groups is 2. The van der Waals surface area contributed by atoms with Crippen LogP contribution in [0.3, 0.4) is 0 Å². The Balaban J connectivity index is 4.28. The van der Waals surface area contributed by atoms with E-state index in [9.17, 15) is 14.7 Å². The quantitative estimate of drug-likeness (QED) is 0.556. The number of rotatable bonds is 7. The Labute approximate surface area is 95.2 Å². The van der Waals surface area contributed by atoms with Gasteiger partial charge in [0.2, 0.25) is 5.91 Å². The van der Waals surface area contributed by atoms with Gasteiger partial charge in [0.25, 0.3) is 0 Å². The van der Waals surface area contributed by atoms with Crippen molar-refractivity contribution in [1.82, 2.24) is 5.32 Å². The number of aliphatic hydroxyl groups is 1. The van der Waals surface area contributed by atoms with E-state index in [1.54, 1.807) is 0 Å². The van der Waals surface area contributed by atoms with Gasteiger partial charge in [0, 0.05) is 0 Å². The van der Waals surface area contributed by atoms with Crippen molar-refractivity contribution in [3.05, 3.63) is 12.7 Å². The zero-order chi connectivity index (χ0) is 12.7. The fourth-order valence-corrected chi connectivity index (χ4v) is 1.21. The maximum absolute atomic E-state index is 11.4. The van der Waals surface area contributed by atoms with Crippen LogP contribution in [0.2, 0.25) is 0 Å². The molecule has 0 aliphatic carbocycles. The molecule has 2 atom stereocenters. The van der Waals surface area contributed by atoms with Crippen molar-refractivity contribution in [3.63, 3.8) is 0 Å². The molecule has 5 heteroatoms. The molecule has 0 aliphatic heterocycles. The van der Waals surface area contributed by atoms with Gasteiger partial charge in [-0.25, -0.2) is 4.79 Å². The first-order valence-electron chi connectivity index (χ1n) is 5.20. The number of amides is 1. The highest BCUT2D eigenvalue weighted by atomic mass is 16.4. The lowest BCUT2D eigenvalue weighted by molar-refractivity contribution is -0.143. The van der Waals surface area contributed by atoms with Gasteiger partial charge < -0.3 is 15.5 Å². The maximum atomic E-state index is 11.4. The average Bonchev–Trinajstić information content (AvgIpc) is 2.15. The number of hydrogen-bond donors (Lipinski definition) is 3. The molecule has 0 saturated carbocycles. The fourth-order valence-electron chi connectivity index (χ4n) is 1.21. The average molecular weight is 229 g/mol. The number of carboxylic acids is 1. The lowest BCUT2D eigenvalue weighted by Gasteiger charge is -2.17. The molecule has 3 N–H and O–H groups in total. The fraction of sp³-hybridized carbons (Fsp3) is 0.636. The Morgan fingerprint density at radius 3 is 2.38 bits per heavy atom. The highest BCUT2D eigenvalue weighted by molar-refractivity contribution is 5.86. The minimum atomic E-state index is -1.16. The molecule has 0 spiro atoms. The standard InChI is InChI=1S/C11H19NO4/c1-4-5-8(11(15)16)12-10(14)9(13)6-7(2)3/h4,7-9,13H,1,5-6H2,2-3H3,(H,12,14)(H,15,16)/t8-,9-/m1/s1. The normalized spacial score (nSPS) is 14.2. The molecule has 0 aromatic heterocycles. The van der Waals surface area contributed by atoms with E-state index in [1.807, 2.05) is 13.8 Å². The Morgan fingerprint density at radius 2 is 2.00 bits per heavy atom. The van der Waals surface area contributed by atoms with Crippen LogP contribution < -0.4 is 5.32 Å². The Kier molecular flexibility index (Phi) is 6.41. The van der Waals surface area contributed by atoms with Crippen LogP contribution >= 0.6 is 0 Å². The van der Waals surface area contributed by atoms with Gasteiger partial charge >= 0.3 is 5.97 Å². The molecule has 0 heterocycles. The molecule has 0 radical (unpaired) electrons. The smallest absolute Gasteiger partial charge is 0.326 e. The first kappa shape index (κ1) is 14.6. The third-order valence-electron chi connectivity index (χ3n) is 2.01. The van der Waals surface area contributed by atoms with Crippen molar-refractivity contribution in [2.75, 3.05) is 0 Å². The molecule has 1 amide bonds. The summed E-state index contributed by atoms with van der Waals surface area (Å²) in [6, 6.07) is -1.02. The van der Waals surface area contributed by atoms with Gasteiger partial charge in [0.1, 0.15) is 12.1 Å². The maximum Gasteiger partial charge on any atom is 0.326 e. The molecule has 0 aromatic rings. The number of nitrogens with one attached hydrogen (secondary N) is 1.